The van der Waals surface area contributed by atoms with Crippen LogP contribution in [-0.4, -0.2) is 15.8 Å². The predicted octanol–water partition coefficient (Wildman–Crippen LogP) is 1.28. The first-order chi connectivity index (χ1) is 7.25. The zero-order chi connectivity index (χ0) is 10.7. The molecule has 0 aliphatic rings. The molecule has 0 radical (unpaired) electrons. The topological polar surface area (TPSA) is 78.5 Å². The molecule has 76 valence electrons. The van der Waals surface area contributed by atoms with Gasteiger partial charge in [-0.1, -0.05) is 18.2 Å². The van der Waals surface area contributed by atoms with Gasteiger partial charge in [0.05, 0.1) is 12.0 Å². The molecule has 0 amide bonds. The summed E-state index contributed by atoms with van der Waals surface area (Å²) < 4.78 is 0. The van der Waals surface area contributed by atoms with Crippen molar-refractivity contribution in [1.29, 1.82) is 5.41 Å². The van der Waals surface area contributed by atoms with Gasteiger partial charge in [-0.2, -0.15) is 0 Å². The van der Waals surface area contributed by atoms with E-state index in [0.29, 0.717) is 0 Å². The Labute approximate surface area is 87.7 Å². The summed E-state index contributed by atoms with van der Waals surface area (Å²) in [7, 11) is 0. The Morgan fingerprint density at radius 3 is 3.00 bits per heavy atom. The summed E-state index contributed by atoms with van der Waals surface area (Å²) in [6.45, 7) is 0. The van der Waals surface area contributed by atoms with E-state index < -0.39 is 0 Å². The average molecular weight is 200 g/mol. The van der Waals surface area contributed by atoms with Crippen LogP contribution in [0.25, 0.3) is 0 Å². The van der Waals surface area contributed by atoms with E-state index in [2.05, 4.69) is 9.97 Å². The Balaban J connectivity index is 2.22. The van der Waals surface area contributed by atoms with Crippen LogP contribution in [0.15, 0.2) is 36.8 Å². The van der Waals surface area contributed by atoms with Gasteiger partial charge in [-0.05, 0) is 11.6 Å². The fourth-order valence-electron chi connectivity index (χ4n) is 1.45. The van der Waals surface area contributed by atoms with Crippen molar-refractivity contribution >= 4 is 5.84 Å². The molecule has 0 aliphatic heterocycles. The molecule has 1 aromatic carbocycles. The van der Waals surface area contributed by atoms with Crippen LogP contribution in [0.2, 0.25) is 0 Å². The number of hydrogen-bond donors (Lipinski definition) is 3. The zero-order valence-corrected chi connectivity index (χ0v) is 8.20. The Hall–Kier alpha value is -2.10. The number of nitrogens with two attached hydrogens (primary N) is 1. The Kier molecular flexibility index (Phi) is 2.49. The molecule has 1 heterocycles. The third kappa shape index (κ3) is 2.22. The van der Waals surface area contributed by atoms with Crippen molar-refractivity contribution in [3.05, 3.63) is 53.6 Å². The summed E-state index contributed by atoms with van der Waals surface area (Å²) in [6, 6.07) is 7.65. The average Bonchev–Trinajstić information content (AvgIpc) is 2.71. The lowest BCUT2D eigenvalue weighted by Crippen LogP contribution is -2.11. The first-order valence-corrected chi connectivity index (χ1v) is 4.66. The molecule has 4 heteroatoms. The highest BCUT2D eigenvalue weighted by Gasteiger charge is 2.00. The largest absolute Gasteiger partial charge is 0.384 e. The van der Waals surface area contributed by atoms with Crippen molar-refractivity contribution in [2.24, 2.45) is 5.73 Å². The maximum absolute atomic E-state index is 7.34. The van der Waals surface area contributed by atoms with Gasteiger partial charge in [-0.25, -0.2) is 4.98 Å². The second-order valence-corrected chi connectivity index (χ2v) is 3.35. The molecule has 4 N–H and O–H groups in total. The van der Waals surface area contributed by atoms with E-state index in [1.54, 1.807) is 6.33 Å². The highest BCUT2D eigenvalue weighted by atomic mass is 14.9. The highest BCUT2D eigenvalue weighted by Crippen LogP contribution is 2.09. The van der Waals surface area contributed by atoms with E-state index in [1.165, 1.54) is 0 Å². The zero-order valence-electron chi connectivity index (χ0n) is 8.20. The third-order valence-electron chi connectivity index (χ3n) is 2.18. The van der Waals surface area contributed by atoms with E-state index in [0.717, 1.165) is 23.2 Å². The minimum atomic E-state index is 0.0962. The van der Waals surface area contributed by atoms with Gasteiger partial charge in [0.1, 0.15) is 5.84 Å². The fourth-order valence-corrected chi connectivity index (χ4v) is 1.45. The number of rotatable bonds is 3. The molecule has 2 aromatic rings. The lowest BCUT2D eigenvalue weighted by atomic mass is 10.1. The van der Waals surface area contributed by atoms with Crippen LogP contribution in [0, 0.1) is 5.41 Å². The van der Waals surface area contributed by atoms with Gasteiger partial charge in [0.2, 0.25) is 0 Å². The number of nitrogen functional groups attached to an aromatic ring is 1. The van der Waals surface area contributed by atoms with E-state index in [1.807, 2.05) is 30.5 Å². The summed E-state index contributed by atoms with van der Waals surface area (Å²) in [6.07, 6.45) is 4.27. The van der Waals surface area contributed by atoms with Crippen LogP contribution in [0.5, 0.6) is 0 Å². The van der Waals surface area contributed by atoms with Crippen LogP contribution in [-0.2, 0) is 6.42 Å². The number of imidazole rings is 1. The first-order valence-electron chi connectivity index (χ1n) is 4.66. The predicted molar refractivity (Wildman–Crippen MR) is 58.9 cm³/mol. The number of hydrogen-bond acceptors (Lipinski definition) is 2. The molecule has 15 heavy (non-hydrogen) atoms. The Bertz CT molecular complexity index is 459. The molecule has 2 rings (SSSR count). The van der Waals surface area contributed by atoms with E-state index in [9.17, 15) is 0 Å². The van der Waals surface area contributed by atoms with Crippen LogP contribution >= 0.6 is 0 Å². The van der Waals surface area contributed by atoms with Crippen molar-refractivity contribution < 1.29 is 0 Å². The van der Waals surface area contributed by atoms with Gasteiger partial charge in [-0.3, -0.25) is 5.41 Å². The SMILES string of the molecule is N=C(N)c1cccc(Cc2c[nH]cn2)c1. The van der Waals surface area contributed by atoms with Crippen LogP contribution in [0.1, 0.15) is 16.8 Å². The standard InChI is InChI=1S/C11H12N4/c12-11(13)9-3-1-2-8(4-9)5-10-6-14-7-15-10/h1-4,6-7H,5H2,(H3,12,13)(H,14,15). The van der Waals surface area contributed by atoms with E-state index in [-0.39, 0.29) is 5.84 Å². The molecule has 0 fully saturated rings. The van der Waals surface area contributed by atoms with Gasteiger partial charge in [-0.15, -0.1) is 0 Å². The van der Waals surface area contributed by atoms with Gasteiger partial charge >= 0.3 is 0 Å². The lowest BCUT2D eigenvalue weighted by Gasteiger charge is -2.02. The molecule has 0 spiro atoms. The highest BCUT2D eigenvalue weighted by molar-refractivity contribution is 5.95. The normalized spacial score (nSPS) is 10.1. The van der Waals surface area contributed by atoms with Gasteiger partial charge in [0, 0.05) is 18.2 Å². The van der Waals surface area contributed by atoms with Crippen LogP contribution in [0.3, 0.4) is 0 Å². The molecule has 0 bridgehead atoms. The van der Waals surface area contributed by atoms with Crippen molar-refractivity contribution in [1.82, 2.24) is 9.97 Å². The molecule has 0 saturated carbocycles. The van der Waals surface area contributed by atoms with Gasteiger partial charge in [0.25, 0.3) is 0 Å². The molecule has 1 aromatic heterocycles. The third-order valence-corrected chi connectivity index (χ3v) is 2.18. The summed E-state index contributed by atoms with van der Waals surface area (Å²) in [5.41, 5.74) is 8.26. The van der Waals surface area contributed by atoms with Gasteiger partial charge in [0.15, 0.2) is 0 Å². The van der Waals surface area contributed by atoms with Crippen molar-refractivity contribution in [3.8, 4) is 0 Å². The summed E-state index contributed by atoms with van der Waals surface area (Å²) in [5.74, 6) is 0.0962. The number of nitrogens with zero attached hydrogens (tertiary/aromatic N) is 1. The summed E-state index contributed by atoms with van der Waals surface area (Å²) in [5, 5.41) is 7.34. The second kappa shape index (κ2) is 3.96. The second-order valence-electron chi connectivity index (χ2n) is 3.35. The Morgan fingerprint density at radius 2 is 2.33 bits per heavy atom. The number of nitrogens with one attached hydrogen (secondary N) is 2. The summed E-state index contributed by atoms with van der Waals surface area (Å²) >= 11 is 0. The molecule has 0 aliphatic carbocycles. The number of benzene rings is 1. The van der Waals surface area contributed by atoms with E-state index in [4.69, 9.17) is 11.1 Å². The number of H-pyrrole nitrogens is 1. The molecule has 0 unspecified atom stereocenters. The quantitative estimate of drug-likeness (QED) is 0.515. The minimum absolute atomic E-state index is 0.0962. The maximum atomic E-state index is 7.34. The number of aromatic amines is 1. The van der Waals surface area contributed by atoms with Crippen molar-refractivity contribution in [2.45, 2.75) is 6.42 Å². The van der Waals surface area contributed by atoms with Crippen molar-refractivity contribution in [3.63, 3.8) is 0 Å². The number of amidine groups is 1. The Morgan fingerprint density at radius 1 is 1.47 bits per heavy atom. The van der Waals surface area contributed by atoms with Gasteiger partial charge < -0.3 is 10.7 Å². The first kappa shape index (κ1) is 9.45. The molecule has 4 nitrogen and oxygen atoms in total. The summed E-state index contributed by atoms with van der Waals surface area (Å²) in [4.78, 5) is 7.05. The maximum Gasteiger partial charge on any atom is 0.122 e. The molecule has 0 saturated heterocycles. The fraction of sp³-hybridized carbons (Fsp3) is 0.0909. The monoisotopic (exact) mass is 200 g/mol. The molecule has 0 atom stereocenters. The molecular weight excluding hydrogens is 188 g/mol. The smallest absolute Gasteiger partial charge is 0.122 e. The van der Waals surface area contributed by atoms with Crippen LogP contribution < -0.4 is 5.73 Å². The van der Waals surface area contributed by atoms with E-state index >= 15 is 0 Å². The van der Waals surface area contributed by atoms with Crippen molar-refractivity contribution in [2.75, 3.05) is 0 Å². The lowest BCUT2D eigenvalue weighted by molar-refractivity contribution is 1.11. The minimum Gasteiger partial charge on any atom is -0.384 e. The van der Waals surface area contributed by atoms with Crippen LogP contribution in [0.4, 0.5) is 0 Å². The molecular formula is C11H12N4. The number of aromatic nitrogens is 2.